The van der Waals surface area contributed by atoms with Crippen LogP contribution in [-0.4, -0.2) is 38.4 Å². The van der Waals surface area contributed by atoms with Crippen molar-refractivity contribution in [2.45, 2.75) is 84.0 Å². The Balaban J connectivity index is 2.57. The summed E-state index contributed by atoms with van der Waals surface area (Å²) in [5.41, 5.74) is 2.91. The van der Waals surface area contributed by atoms with Crippen molar-refractivity contribution >= 4 is 16.0 Å². The van der Waals surface area contributed by atoms with Crippen LogP contribution in [0.2, 0.25) is 0 Å². The van der Waals surface area contributed by atoms with Crippen LogP contribution in [0.15, 0.2) is 17.0 Å². The van der Waals surface area contributed by atoms with Crippen molar-refractivity contribution in [3.8, 4) is 0 Å². The molecule has 1 aromatic carbocycles. The molecule has 6 heteroatoms. The van der Waals surface area contributed by atoms with Crippen molar-refractivity contribution in [3.63, 3.8) is 0 Å². The molecule has 1 fully saturated rings. The maximum absolute atomic E-state index is 13.8. The third-order valence-corrected chi connectivity index (χ3v) is 7.68. The van der Waals surface area contributed by atoms with E-state index in [0.717, 1.165) is 11.1 Å². The number of carbonyl (C=O) groups excluding carboxylic acids is 1. The molecule has 0 aromatic heterocycles. The fourth-order valence-corrected chi connectivity index (χ4v) is 6.12. The second kappa shape index (κ2) is 9.61. The highest BCUT2D eigenvalue weighted by Crippen LogP contribution is 2.37. The van der Waals surface area contributed by atoms with E-state index in [-0.39, 0.29) is 24.3 Å². The first kappa shape index (κ1) is 23.9. The number of esters is 1. The monoisotopic (exact) mass is 423 g/mol. The normalized spacial score (nSPS) is 18.6. The van der Waals surface area contributed by atoms with Crippen molar-refractivity contribution in [1.82, 2.24) is 4.31 Å². The summed E-state index contributed by atoms with van der Waals surface area (Å²) >= 11 is 0. The molecule has 0 spiro atoms. The van der Waals surface area contributed by atoms with Gasteiger partial charge in [0, 0.05) is 13.1 Å². The molecule has 1 unspecified atom stereocenters. The summed E-state index contributed by atoms with van der Waals surface area (Å²) < 4.78 is 34.3. The lowest BCUT2D eigenvalue weighted by molar-refractivity contribution is -0.149. The molecule has 1 saturated heterocycles. The molecule has 1 aromatic rings. The number of rotatable bonds is 7. The Morgan fingerprint density at radius 2 is 1.62 bits per heavy atom. The second-order valence-corrected chi connectivity index (χ2v) is 10.8. The predicted octanol–water partition coefficient (Wildman–Crippen LogP) is 5.02. The van der Waals surface area contributed by atoms with Crippen LogP contribution in [0.4, 0.5) is 0 Å². The summed E-state index contributed by atoms with van der Waals surface area (Å²) in [4.78, 5) is 12.7. The van der Waals surface area contributed by atoms with Gasteiger partial charge in [0.05, 0.1) is 17.4 Å². The highest BCUT2D eigenvalue weighted by Gasteiger charge is 2.37. The van der Waals surface area contributed by atoms with Gasteiger partial charge in [0.25, 0.3) is 0 Å². The average Bonchev–Trinajstić information content (AvgIpc) is 2.66. The maximum Gasteiger partial charge on any atom is 0.310 e. The van der Waals surface area contributed by atoms with Gasteiger partial charge in [0.15, 0.2) is 0 Å². The van der Waals surface area contributed by atoms with E-state index >= 15 is 0 Å². The molecule has 1 heterocycles. The van der Waals surface area contributed by atoms with E-state index in [0.29, 0.717) is 36.8 Å². The van der Waals surface area contributed by atoms with Crippen LogP contribution in [0.5, 0.6) is 0 Å². The van der Waals surface area contributed by atoms with Gasteiger partial charge in [-0.1, -0.05) is 53.7 Å². The number of hydrogen-bond donors (Lipinski definition) is 0. The Hall–Kier alpha value is -1.40. The molecule has 164 valence electrons. The van der Waals surface area contributed by atoms with E-state index in [1.54, 1.807) is 6.92 Å². The summed E-state index contributed by atoms with van der Waals surface area (Å²) in [6, 6.07) is 4.11. The molecule has 0 radical (unpaired) electrons. The summed E-state index contributed by atoms with van der Waals surface area (Å²) in [5, 5.41) is 0. The largest absolute Gasteiger partial charge is 0.466 e. The lowest BCUT2D eigenvalue weighted by Crippen LogP contribution is -2.43. The molecule has 29 heavy (non-hydrogen) atoms. The summed E-state index contributed by atoms with van der Waals surface area (Å²) in [6.07, 6.45) is 1.34. The first-order valence-electron chi connectivity index (χ1n) is 10.8. The van der Waals surface area contributed by atoms with E-state index in [4.69, 9.17) is 4.74 Å². The predicted molar refractivity (Wildman–Crippen MR) is 117 cm³/mol. The molecular formula is C23H37NO4S. The minimum Gasteiger partial charge on any atom is -0.466 e. The first-order valence-corrected chi connectivity index (χ1v) is 12.3. The van der Waals surface area contributed by atoms with Crippen LogP contribution >= 0.6 is 0 Å². The van der Waals surface area contributed by atoms with Crippen LogP contribution in [0.25, 0.3) is 0 Å². The number of nitrogens with zero attached hydrogens (tertiary/aromatic N) is 1. The zero-order valence-corrected chi connectivity index (χ0v) is 19.8. The Kier molecular flexibility index (Phi) is 7.91. The first-order chi connectivity index (χ1) is 13.5. The third kappa shape index (κ3) is 5.21. The Labute approximate surface area is 176 Å². The number of piperidine rings is 1. The number of benzene rings is 1. The second-order valence-electron chi connectivity index (χ2n) is 8.95. The van der Waals surface area contributed by atoms with Gasteiger partial charge in [-0.15, -0.1) is 0 Å². The van der Waals surface area contributed by atoms with Gasteiger partial charge >= 0.3 is 5.97 Å². The van der Waals surface area contributed by atoms with E-state index in [2.05, 4.69) is 26.0 Å². The molecule has 1 aliphatic rings. The van der Waals surface area contributed by atoms with Crippen molar-refractivity contribution in [3.05, 3.63) is 28.8 Å². The minimum atomic E-state index is -3.71. The van der Waals surface area contributed by atoms with Crippen LogP contribution in [-0.2, 0) is 19.6 Å². The van der Waals surface area contributed by atoms with Gasteiger partial charge in [0.2, 0.25) is 10.0 Å². The molecule has 2 rings (SSSR count). The standard InChI is InChI=1S/C23H37NO4S/c1-8-28-23(25)18-10-9-11-24(14-18)29(26,27)22-20(16(4)5)12-19(15(2)3)13-21(22)17(6)7/h12-13,15-18H,8-11,14H2,1-7H3. The molecule has 0 saturated carbocycles. The van der Waals surface area contributed by atoms with Gasteiger partial charge in [-0.3, -0.25) is 4.79 Å². The minimum absolute atomic E-state index is 0.0848. The third-order valence-electron chi connectivity index (χ3n) is 5.68. The van der Waals surface area contributed by atoms with Gasteiger partial charge in [-0.25, -0.2) is 8.42 Å². The van der Waals surface area contributed by atoms with Crippen molar-refractivity contribution in [1.29, 1.82) is 0 Å². The number of sulfonamides is 1. The smallest absolute Gasteiger partial charge is 0.310 e. The zero-order valence-electron chi connectivity index (χ0n) is 19.0. The molecule has 0 amide bonds. The SMILES string of the molecule is CCOC(=O)C1CCCN(S(=O)(=O)c2c(C(C)C)cc(C(C)C)cc2C(C)C)C1. The fourth-order valence-electron chi connectivity index (χ4n) is 3.93. The van der Waals surface area contributed by atoms with E-state index in [1.165, 1.54) is 9.87 Å². The lowest BCUT2D eigenvalue weighted by atomic mass is 9.89. The van der Waals surface area contributed by atoms with Crippen LogP contribution in [0.1, 0.15) is 95.8 Å². The average molecular weight is 424 g/mol. The fraction of sp³-hybridized carbons (Fsp3) is 0.696. The van der Waals surface area contributed by atoms with E-state index in [1.807, 2.05) is 27.7 Å². The Bertz CT molecular complexity index is 798. The number of carbonyl (C=O) groups is 1. The van der Waals surface area contributed by atoms with Gasteiger partial charge in [0.1, 0.15) is 0 Å². The maximum atomic E-state index is 13.8. The molecule has 0 N–H and O–H groups in total. The van der Waals surface area contributed by atoms with Crippen molar-refractivity contribution < 1.29 is 17.9 Å². The van der Waals surface area contributed by atoms with Crippen molar-refractivity contribution in [2.75, 3.05) is 19.7 Å². The molecule has 0 aliphatic carbocycles. The lowest BCUT2D eigenvalue weighted by Gasteiger charge is -2.33. The van der Waals surface area contributed by atoms with Gasteiger partial charge in [-0.05, 0) is 54.2 Å². The summed E-state index contributed by atoms with van der Waals surface area (Å²) in [6.45, 7) is 15.2. The Morgan fingerprint density at radius 1 is 1.07 bits per heavy atom. The zero-order chi connectivity index (χ0) is 21.9. The van der Waals surface area contributed by atoms with E-state index < -0.39 is 15.9 Å². The molecule has 1 atom stereocenters. The quantitative estimate of drug-likeness (QED) is 0.578. The van der Waals surface area contributed by atoms with Crippen molar-refractivity contribution in [2.24, 2.45) is 5.92 Å². The molecule has 1 aliphatic heterocycles. The Morgan fingerprint density at radius 3 is 2.07 bits per heavy atom. The number of ether oxygens (including phenoxy) is 1. The molecule has 0 bridgehead atoms. The summed E-state index contributed by atoms with van der Waals surface area (Å²) in [5.74, 6) is -0.192. The van der Waals surface area contributed by atoms with Gasteiger partial charge in [-0.2, -0.15) is 4.31 Å². The molecule has 5 nitrogen and oxygen atoms in total. The van der Waals surface area contributed by atoms with Crippen LogP contribution in [0.3, 0.4) is 0 Å². The highest BCUT2D eigenvalue weighted by atomic mass is 32.2. The number of hydrogen-bond acceptors (Lipinski definition) is 4. The van der Waals surface area contributed by atoms with Crippen LogP contribution < -0.4 is 0 Å². The van der Waals surface area contributed by atoms with Gasteiger partial charge < -0.3 is 4.74 Å². The van der Waals surface area contributed by atoms with Crippen LogP contribution in [0, 0.1) is 5.92 Å². The van der Waals surface area contributed by atoms with E-state index in [9.17, 15) is 13.2 Å². The highest BCUT2D eigenvalue weighted by molar-refractivity contribution is 7.89. The summed E-state index contributed by atoms with van der Waals surface area (Å²) in [7, 11) is -3.71. The molecular weight excluding hydrogens is 386 g/mol. The topological polar surface area (TPSA) is 63.7 Å².